The molecule has 2 heterocycles. The Labute approximate surface area is 159 Å². The Morgan fingerprint density at radius 3 is 2.38 bits per heavy atom. The fourth-order valence-electron chi connectivity index (χ4n) is 3.34. The second kappa shape index (κ2) is 8.19. The van der Waals surface area contributed by atoms with E-state index in [0.717, 1.165) is 5.56 Å². The molecule has 1 unspecified atom stereocenters. The average Bonchev–Trinajstić information content (AvgIpc) is 2.70. The van der Waals surface area contributed by atoms with Crippen LogP contribution in [0.15, 0.2) is 60.7 Å². The van der Waals surface area contributed by atoms with Crippen LogP contribution in [0.1, 0.15) is 11.9 Å². The fourth-order valence-corrected chi connectivity index (χ4v) is 5.60. The van der Waals surface area contributed by atoms with E-state index in [2.05, 4.69) is 12.1 Å². The molecule has 0 bridgehead atoms. The number of aliphatic hydroxyl groups is 1. The van der Waals surface area contributed by atoms with Gasteiger partial charge in [-0.25, -0.2) is 0 Å². The average molecular weight is 421 g/mol. The van der Waals surface area contributed by atoms with E-state index in [0.29, 0.717) is 6.61 Å². The van der Waals surface area contributed by atoms with Crippen molar-refractivity contribution >= 4 is 19.4 Å². The van der Waals surface area contributed by atoms with Crippen LogP contribution in [-0.2, 0) is 18.9 Å². The minimum absolute atomic E-state index is 0.0291. The number of methoxy groups -OCH3 is 1. The molecule has 2 aromatic rings. The number of fused-ring (bicyclic) bond motifs is 1. The standard InChI is InChI=1S/C20H22O5Se/c1-22-18-16(21)20(26-14-10-6-3-7-11-14)24-15-12-23-19(25-17(15)18)13-8-4-2-5-9-13/h2-11,15-21H,12H2,1H3/t15-,16-,17-,18-,19?,20-/m1/s1. The van der Waals surface area contributed by atoms with Crippen LogP contribution in [0.5, 0.6) is 0 Å². The molecule has 6 atom stereocenters. The normalized spacial score (nSPS) is 34.2. The SMILES string of the molecule is CO[C@@H]1[C@@H](O)[C@@H]([Se]c2ccccc2)O[C@@H]2COC(c3ccccc3)O[C@@H]12. The van der Waals surface area contributed by atoms with E-state index in [1.165, 1.54) is 4.46 Å². The molecule has 2 aromatic carbocycles. The van der Waals surface area contributed by atoms with Crippen LogP contribution in [0.3, 0.4) is 0 Å². The predicted octanol–water partition coefficient (Wildman–Crippen LogP) is 1.23. The number of hydrogen-bond acceptors (Lipinski definition) is 5. The fraction of sp³-hybridized carbons (Fsp3) is 0.400. The first-order valence-corrected chi connectivity index (χ1v) is 10.5. The summed E-state index contributed by atoms with van der Waals surface area (Å²) in [5.41, 5.74) is 0.950. The van der Waals surface area contributed by atoms with E-state index in [4.69, 9.17) is 18.9 Å². The Morgan fingerprint density at radius 2 is 1.69 bits per heavy atom. The van der Waals surface area contributed by atoms with Crippen molar-refractivity contribution in [3.63, 3.8) is 0 Å². The van der Waals surface area contributed by atoms with E-state index in [-0.39, 0.29) is 32.2 Å². The summed E-state index contributed by atoms with van der Waals surface area (Å²) in [4.78, 5) is 0. The first-order valence-electron chi connectivity index (χ1n) is 8.66. The van der Waals surface area contributed by atoms with Crippen LogP contribution in [-0.4, -0.2) is 63.2 Å². The minimum atomic E-state index is -0.740. The van der Waals surface area contributed by atoms with Gasteiger partial charge in [-0.1, -0.05) is 0 Å². The van der Waals surface area contributed by atoms with Crippen LogP contribution in [0.25, 0.3) is 0 Å². The Kier molecular flexibility index (Phi) is 5.72. The van der Waals surface area contributed by atoms with Crippen LogP contribution in [0.4, 0.5) is 0 Å². The molecule has 26 heavy (non-hydrogen) atoms. The van der Waals surface area contributed by atoms with E-state index >= 15 is 0 Å². The first-order chi connectivity index (χ1) is 12.8. The maximum absolute atomic E-state index is 10.8. The quantitative estimate of drug-likeness (QED) is 0.753. The van der Waals surface area contributed by atoms with Crippen molar-refractivity contribution in [1.82, 2.24) is 0 Å². The van der Waals surface area contributed by atoms with Crippen molar-refractivity contribution in [2.75, 3.05) is 13.7 Å². The van der Waals surface area contributed by atoms with Crippen LogP contribution < -0.4 is 4.46 Å². The topological polar surface area (TPSA) is 57.2 Å². The predicted molar refractivity (Wildman–Crippen MR) is 97.3 cm³/mol. The van der Waals surface area contributed by atoms with E-state index in [9.17, 15) is 5.11 Å². The Hall–Kier alpha value is -1.24. The van der Waals surface area contributed by atoms with E-state index < -0.39 is 18.5 Å². The Balaban J connectivity index is 1.49. The maximum atomic E-state index is 10.8. The summed E-state index contributed by atoms with van der Waals surface area (Å²) in [6, 6.07) is 19.9. The summed E-state index contributed by atoms with van der Waals surface area (Å²) in [6.45, 7) is 0.415. The molecular weight excluding hydrogens is 399 g/mol. The van der Waals surface area contributed by atoms with Gasteiger partial charge in [0.15, 0.2) is 0 Å². The van der Waals surface area contributed by atoms with Crippen LogP contribution in [0, 0.1) is 0 Å². The van der Waals surface area contributed by atoms with Crippen molar-refractivity contribution in [2.24, 2.45) is 0 Å². The molecule has 6 heteroatoms. The van der Waals surface area contributed by atoms with Crippen molar-refractivity contribution in [3.05, 3.63) is 66.2 Å². The van der Waals surface area contributed by atoms with Gasteiger partial charge in [-0.3, -0.25) is 0 Å². The molecule has 0 amide bonds. The van der Waals surface area contributed by atoms with Crippen LogP contribution in [0.2, 0.25) is 0 Å². The molecule has 4 rings (SSSR count). The third-order valence-electron chi connectivity index (χ3n) is 4.65. The summed E-state index contributed by atoms with van der Waals surface area (Å²) in [5, 5.41) is 10.5. The van der Waals surface area contributed by atoms with Crippen molar-refractivity contribution in [3.8, 4) is 0 Å². The third-order valence-corrected chi connectivity index (χ3v) is 7.09. The van der Waals surface area contributed by atoms with E-state index in [1.54, 1.807) is 7.11 Å². The van der Waals surface area contributed by atoms with Gasteiger partial charge < -0.3 is 0 Å². The molecule has 5 nitrogen and oxygen atoms in total. The molecule has 2 saturated heterocycles. The third kappa shape index (κ3) is 3.73. The van der Waals surface area contributed by atoms with Gasteiger partial charge in [0, 0.05) is 0 Å². The molecule has 2 fully saturated rings. The summed E-state index contributed by atoms with van der Waals surface area (Å²) >= 11 is -0.0291. The zero-order valence-corrected chi connectivity index (χ0v) is 16.1. The first kappa shape index (κ1) is 18.1. The number of benzene rings is 2. The van der Waals surface area contributed by atoms with Gasteiger partial charge >= 0.3 is 159 Å². The second-order valence-corrected chi connectivity index (χ2v) is 8.80. The molecule has 138 valence electrons. The Morgan fingerprint density at radius 1 is 1.00 bits per heavy atom. The summed E-state index contributed by atoms with van der Waals surface area (Å²) in [6.07, 6.45) is -2.27. The van der Waals surface area contributed by atoms with Gasteiger partial charge in [0.05, 0.1) is 0 Å². The number of aliphatic hydroxyl groups excluding tert-OH is 1. The molecule has 2 aliphatic heterocycles. The van der Waals surface area contributed by atoms with Gasteiger partial charge in [0.25, 0.3) is 0 Å². The number of hydrogen-bond donors (Lipinski definition) is 1. The van der Waals surface area contributed by atoms with Crippen molar-refractivity contribution in [1.29, 1.82) is 0 Å². The monoisotopic (exact) mass is 422 g/mol. The van der Waals surface area contributed by atoms with Crippen molar-refractivity contribution < 1.29 is 24.1 Å². The van der Waals surface area contributed by atoms with Gasteiger partial charge in [0.1, 0.15) is 0 Å². The number of ether oxygens (including phenoxy) is 4. The zero-order chi connectivity index (χ0) is 17.9. The summed E-state index contributed by atoms with van der Waals surface area (Å²) in [5.74, 6) is 0. The Bertz CT molecular complexity index is 698. The summed E-state index contributed by atoms with van der Waals surface area (Å²) in [7, 11) is 1.61. The van der Waals surface area contributed by atoms with Gasteiger partial charge in [0.2, 0.25) is 0 Å². The molecule has 2 aliphatic rings. The van der Waals surface area contributed by atoms with Gasteiger partial charge in [-0.15, -0.1) is 0 Å². The second-order valence-electron chi connectivity index (χ2n) is 6.34. The van der Waals surface area contributed by atoms with Crippen molar-refractivity contribution in [2.45, 2.75) is 35.7 Å². The number of rotatable bonds is 4. The van der Waals surface area contributed by atoms with E-state index in [1.807, 2.05) is 48.5 Å². The summed E-state index contributed by atoms with van der Waals surface area (Å²) < 4.78 is 25.0. The van der Waals surface area contributed by atoms with Crippen LogP contribution >= 0.6 is 0 Å². The molecule has 0 aromatic heterocycles. The molecule has 0 radical (unpaired) electrons. The molecule has 1 N–H and O–H groups in total. The molecule has 0 aliphatic carbocycles. The van der Waals surface area contributed by atoms with Gasteiger partial charge in [-0.2, -0.15) is 0 Å². The van der Waals surface area contributed by atoms with Gasteiger partial charge in [-0.05, 0) is 0 Å². The molecule has 0 spiro atoms. The zero-order valence-electron chi connectivity index (χ0n) is 14.4. The molecular formula is C20H22O5Se. The molecule has 0 saturated carbocycles.